The van der Waals surface area contributed by atoms with Crippen molar-refractivity contribution < 1.29 is 0 Å². The summed E-state index contributed by atoms with van der Waals surface area (Å²) < 4.78 is 0. The molecule has 22 heavy (non-hydrogen) atoms. The summed E-state index contributed by atoms with van der Waals surface area (Å²) in [4.78, 5) is 3.55. The molecule has 0 aliphatic carbocycles. The SMILES string of the molecule is Cc1cccc(C)c1NC(=S)NCC(c1cccs1)N(C)C. The van der Waals surface area contributed by atoms with E-state index in [1.807, 2.05) is 0 Å². The molecule has 118 valence electrons. The molecule has 5 heteroatoms. The number of nitrogens with zero attached hydrogens (tertiary/aromatic N) is 1. The minimum absolute atomic E-state index is 0.317. The molecule has 0 amide bonds. The molecular formula is C17H23N3S2. The first-order valence-corrected chi connectivity index (χ1v) is 8.58. The molecule has 3 nitrogen and oxygen atoms in total. The van der Waals surface area contributed by atoms with Crippen LogP contribution in [0.5, 0.6) is 0 Å². The predicted molar refractivity (Wildman–Crippen MR) is 101 cm³/mol. The van der Waals surface area contributed by atoms with Crippen molar-refractivity contribution in [2.75, 3.05) is 26.0 Å². The van der Waals surface area contributed by atoms with Crippen LogP contribution in [-0.4, -0.2) is 30.7 Å². The van der Waals surface area contributed by atoms with Crippen LogP contribution in [-0.2, 0) is 0 Å². The van der Waals surface area contributed by atoms with Crippen LogP contribution in [0.1, 0.15) is 22.0 Å². The van der Waals surface area contributed by atoms with E-state index in [-0.39, 0.29) is 0 Å². The molecule has 0 spiro atoms. The zero-order valence-corrected chi connectivity index (χ0v) is 15.1. The van der Waals surface area contributed by atoms with E-state index in [0.29, 0.717) is 11.2 Å². The molecule has 2 aromatic rings. The molecule has 1 atom stereocenters. The normalized spacial score (nSPS) is 12.2. The van der Waals surface area contributed by atoms with Crippen LogP contribution in [0.15, 0.2) is 35.7 Å². The highest BCUT2D eigenvalue weighted by molar-refractivity contribution is 7.80. The minimum atomic E-state index is 0.317. The number of benzene rings is 1. The van der Waals surface area contributed by atoms with Gasteiger partial charge in [0.15, 0.2) is 5.11 Å². The van der Waals surface area contributed by atoms with Crippen molar-refractivity contribution in [1.29, 1.82) is 0 Å². The van der Waals surface area contributed by atoms with Crippen molar-refractivity contribution in [2.24, 2.45) is 0 Å². The smallest absolute Gasteiger partial charge is 0.170 e. The molecule has 0 fully saturated rings. The van der Waals surface area contributed by atoms with Crippen molar-refractivity contribution in [3.8, 4) is 0 Å². The number of nitrogens with one attached hydrogen (secondary N) is 2. The van der Waals surface area contributed by atoms with Crippen molar-refractivity contribution >= 4 is 34.4 Å². The topological polar surface area (TPSA) is 27.3 Å². The van der Waals surface area contributed by atoms with Gasteiger partial charge in [-0.2, -0.15) is 0 Å². The fourth-order valence-corrected chi connectivity index (χ4v) is 3.49. The number of thiophene rings is 1. The Bertz CT molecular complexity index is 601. The highest BCUT2D eigenvalue weighted by Crippen LogP contribution is 2.23. The number of hydrogen-bond acceptors (Lipinski definition) is 3. The van der Waals surface area contributed by atoms with Gasteiger partial charge in [0, 0.05) is 17.1 Å². The third-order valence-corrected chi connectivity index (χ3v) is 4.89. The first-order valence-electron chi connectivity index (χ1n) is 7.30. The van der Waals surface area contributed by atoms with E-state index in [9.17, 15) is 0 Å². The predicted octanol–water partition coefficient (Wildman–Crippen LogP) is 3.95. The van der Waals surface area contributed by atoms with Crippen molar-refractivity contribution in [3.05, 3.63) is 51.7 Å². The Morgan fingerprint density at radius 1 is 1.18 bits per heavy atom. The maximum atomic E-state index is 5.45. The number of thiocarbonyl (C=S) groups is 1. The maximum Gasteiger partial charge on any atom is 0.170 e. The summed E-state index contributed by atoms with van der Waals surface area (Å²) >= 11 is 7.23. The third kappa shape index (κ3) is 4.29. The van der Waals surface area contributed by atoms with Gasteiger partial charge in [-0.3, -0.25) is 0 Å². The second kappa shape index (κ2) is 7.72. The van der Waals surface area contributed by atoms with E-state index in [4.69, 9.17) is 12.2 Å². The van der Waals surface area contributed by atoms with Crippen LogP contribution in [0.25, 0.3) is 0 Å². The molecule has 1 aromatic carbocycles. The lowest BCUT2D eigenvalue weighted by Gasteiger charge is -2.24. The lowest BCUT2D eigenvalue weighted by molar-refractivity contribution is 0.303. The number of anilines is 1. The molecule has 0 radical (unpaired) electrons. The monoisotopic (exact) mass is 333 g/mol. The molecule has 2 N–H and O–H groups in total. The number of likely N-dealkylation sites (N-methyl/N-ethyl adjacent to an activating group) is 1. The lowest BCUT2D eigenvalue weighted by Crippen LogP contribution is -2.36. The fraction of sp³-hybridized carbons (Fsp3) is 0.353. The van der Waals surface area contributed by atoms with Crippen molar-refractivity contribution in [2.45, 2.75) is 19.9 Å². The lowest BCUT2D eigenvalue weighted by atomic mass is 10.1. The Hall–Kier alpha value is -1.43. The van der Waals surface area contributed by atoms with E-state index in [0.717, 1.165) is 12.2 Å². The average molecular weight is 334 g/mol. The van der Waals surface area contributed by atoms with Gasteiger partial charge in [0.1, 0.15) is 0 Å². The van der Waals surface area contributed by atoms with Crippen LogP contribution in [0.3, 0.4) is 0 Å². The van der Waals surface area contributed by atoms with Gasteiger partial charge in [0.25, 0.3) is 0 Å². The third-order valence-electron chi connectivity index (χ3n) is 3.67. The van der Waals surface area contributed by atoms with E-state index in [1.165, 1.54) is 16.0 Å². The van der Waals surface area contributed by atoms with Gasteiger partial charge in [-0.15, -0.1) is 11.3 Å². The molecule has 0 bridgehead atoms. The first-order chi connectivity index (χ1) is 10.5. The van der Waals surface area contributed by atoms with Crippen molar-refractivity contribution in [1.82, 2.24) is 10.2 Å². The highest BCUT2D eigenvalue weighted by Gasteiger charge is 2.15. The molecular weight excluding hydrogens is 310 g/mol. The van der Waals surface area contributed by atoms with E-state index >= 15 is 0 Å². The molecule has 0 saturated carbocycles. The Morgan fingerprint density at radius 2 is 1.86 bits per heavy atom. The van der Waals surface area contributed by atoms with Crippen LogP contribution < -0.4 is 10.6 Å². The Kier molecular flexibility index (Phi) is 5.94. The summed E-state index contributed by atoms with van der Waals surface area (Å²) in [5.74, 6) is 0. The summed E-state index contributed by atoms with van der Waals surface area (Å²) in [5.41, 5.74) is 3.50. The second-order valence-electron chi connectivity index (χ2n) is 5.60. The van der Waals surface area contributed by atoms with E-state index < -0.39 is 0 Å². The Labute approximate surface area is 142 Å². The average Bonchev–Trinajstić information content (AvgIpc) is 2.97. The number of aryl methyl sites for hydroxylation is 2. The summed E-state index contributed by atoms with van der Waals surface area (Å²) in [5, 5.41) is 9.44. The zero-order chi connectivity index (χ0) is 16.1. The highest BCUT2D eigenvalue weighted by atomic mass is 32.1. The second-order valence-corrected chi connectivity index (χ2v) is 6.98. The molecule has 0 saturated heterocycles. The van der Waals surface area contributed by atoms with Gasteiger partial charge < -0.3 is 15.5 Å². The van der Waals surface area contributed by atoms with Crippen LogP contribution in [0, 0.1) is 13.8 Å². The molecule has 1 unspecified atom stereocenters. The van der Waals surface area contributed by atoms with Gasteiger partial charge >= 0.3 is 0 Å². The standard InChI is InChI=1S/C17H23N3S2/c1-12-7-5-8-13(2)16(12)19-17(21)18-11-14(20(3)4)15-9-6-10-22-15/h5-10,14H,11H2,1-4H3,(H2,18,19,21). The number of para-hydroxylation sites is 1. The molecule has 0 aliphatic heterocycles. The maximum absolute atomic E-state index is 5.45. The van der Waals surface area contributed by atoms with Crippen molar-refractivity contribution in [3.63, 3.8) is 0 Å². The number of hydrogen-bond donors (Lipinski definition) is 2. The van der Waals surface area contributed by atoms with E-state index in [1.54, 1.807) is 11.3 Å². The minimum Gasteiger partial charge on any atom is -0.360 e. The molecule has 1 heterocycles. The van der Waals surface area contributed by atoms with Crippen LogP contribution in [0.4, 0.5) is 5.69 Å². The van der Waals surface area contributed by atoms with Gasteiger partial charge in [-0.1, -0.05) is 24.3 Å². The largest absolute Gasteiger partial charge is 0.360 e. The number of rotatable bonds is 5. The summed E-state index contributed by atoms with van der Waals surface area (Å²) in [6.45, 7) is 4.96. The van der Waals surface area contributed by atoms with Gasteiger partial charge in [0.05, 0.1) is 6.04 Å². The summed E-state index contributed by atoms with van der Waals surface area (Å²) in [6.07, 6.45) is 0. The fourth-order valence-electron chi connectivity index (χ4n) is 2.38. The molecule has 2 rings (SSSR count). The van der Waals surface area contributed by atoms with Gasteiger partial charge in [0.2, 0.25) is 0 Å². The quantitative estimate of drug-likeness (QED) is 0.810. The van der Waals surface area contributed by atoms with Gasteiger partial charge in [-0.25, -0.2) is 0 Å². The molecule has 0 aliphatic rings. The Morgan fingerprint density at radius 3 is 2.41 bits per heavy atom. The van der Waals surface area contributed by atoms with Gasteiger partial charge in [-0.05, 0) is 62.7 Å². The van der Waals surface area contributed by atoms with Crippen LogP contribution >= 0.6 is 23.6 Å². The summed E-state index contributed by atoms with van der Waals surface area (Å²) in [6, 6.07) is 10.8. The summed E-state index contributed by atoms with van der Waals surface area (Å²) in [7, 11) is 4.18. The first kappa shape index (κ1) is 16.9. The zero-order valence-electron chi connectivity index (χ0n) is 13.5. The molecule has 1 aromatic heterocycles. The van der Waals surface area contributed by atoms with E-state index in [2.05, 4.69) is 79.2 Å². The van der Waals surface area contributed by atoms with Crippen LogP contribution in [0.2, 0.25) is 0 Å². The Balaban J connectivity index is 1.97.